The van der Waals surface area contributed by atoms with Crippen molar-refractivity contribution in [3.63, 3.8) is 0 Å². The second-order valence-corrected chi connectivity index (χ2v) is 6.49. The summed E-state index contributed by atoms with van der Waals surface area (Å²) in [5.74, 6) is 0.828. The van der Waals surface area contributed by atoms with Gasteiger partial charge in [0, 0.05) is 30.0 Å². The van der Waals surface area contributed by atoms with E-state index in [0.29, 0.717) is 6.04 Å². The van der Waals surface area contributed by atoms with Gasteiger partial charge in [0.2, 0.25) is 0 Å². The Morgan fingerprint density at radius 2 is 2.30 bits per heavy atom. The number of pyridine rings is 1. The topological polar surface area (TPSA) is 69.7 Å². The highest BCUT2D eigenvalue weighted by atomic mass is 32.1. The quantitative estimate of drug-likeness (QED) is 0.752. The van der Waals surface area contributed by atoms with Crippen LogP contribution in [0.15, 0.2) is 42.0 Å². The highest BCUT2D eigenvalue weighted by Crippen LogP contribution is 2.34. The Bertz CT molecular complexity index is 739. The van der Waals surface area contributed by atoms with Gasteiger partial charge in [-0.15, -0.1) is 11.3 Å². The van der Waals surface area contributed by atoms with E-state index in [4.69, 9.17) is 4.98 Å². The second kappa shape index (κ2) is 6.47. The highest BCUT2D eigenvalue weighted by molar-refractivity contribution is 7.13. The van der Waals surface area contributed by atoms with Gasteiger partial charge in [0.25, 0.3) is 0 Å². The van der Waals surface area contributed by atoms with Crippen LogP contribution in [0.1, 0.15) is 30.3 Å². The van der Waals surface area contributed by atoms with Crippen LogP contribution in [0.25, 0.3) is 0 Å². The molecule has 1 aliphatic heterocycles. The SMILES string of the molecule is c1ccc(Nc2nc(C3CCCN3Cc3ccn[nH]3)cs2)nc1. The number of aromatic nitrogens is 4. The first kappa shape index (κ1) is 14.3. The van der Waals surface area contributed by atoms with E-state index in [1.807, 2.05) is 24.3 Å². The number of hydrogen-bond donors (Lipinski definition) is 2. The molecule has 23 heavy (non-hydrogen) atoms. The standard InChI is InChI=1S/C16H18N6S/c1-2-7-17-15(5-1)20-16-19-13(11-23-16)14-4-3-9-22(14)10-12-6-8-18-21-12/h1-2,5-8,11,14H,3-4,9-10H2,(H,18,21)(H,17,19,20). The highest BCUT2D eigenvalue weighted by Gasteiger charge is 2.28. The molecular weight excluding hydrogens is 308 g/mol. The van der Waals surface area contributed by atoms with Gasteiger partial charge in [-0.1, -0.05) is 6.07 Å². The van der Waals surface area contributed by atoms with Crippen LogP contribution in [0.4, 0.5) is 10.9 Å². The predicted molar refractivity (Wildman–Crippen MR) is 90.6 cm³/mol. The zero-order chi connectivity index (χ0) is 15.5. The Labute approximate surface area is 138 Å². The molecule has 0 bridgehead atoms. The van der Waals surface area contributed by atoms with Crippen molar-refractivity contribution >= 4 is 22.3 Å². The third kappa shape index (κ3) is 3.25. The number of nitrogens with zero attached hydrogens (tertiary/aromatic N) is 4. The molecule has 7 heteroatoms. The molecule has 1 atom stereocenters. The zero-order valence-electron chi connectivity index (χ0n) is 12.6. The number of aromatic amines is 1. The summed E-state index contributed by atoms with van der Waals surface area (Å²) >= 11 is 1.63. The van der Waals surface area contributed by atoms with Gasteiger partial charge in [-0.25, -0.2) is 9.97 Å². The molecule has 6 nitrogen and oxygen atoms in total. The van der Waals surface area contributed by atoms with Crippen LogP contribution in [0.2, 0.25) is 0 Å². The summed E-state index contributed by atoms with van der Waals surface area (Å²) in [5.41, 5.74) is 2.30. The largest absolute Gasteiger partial charge is 0.316 e. The maximum atomic E-state index is 4.77. The number of hydrogen-bond acceptors (Lipinski definition) is 6. The minimum absolute atomic E-state index is 0.383. The molecule has 4 heterocycles. The summed E-state index contributed by atoms with van der Waals surface area (Å²) in [6, 6.07) is 8.23. The number of H-pyrrole nitrogens is 1. The van der Waals surface area contributed by atoms with Crippen LogP contribution in [0.5, 0.6) is 0 Å². The number of nitrogens with one attached hydrogen (secondary N) is 2. The average molecular weight is 326 g/mol. The van der Waals surface area contributed by atoms with Crippen LogP contribution in [-0.2, 0) is 6.54 Å². The van der Waals surface area contributed by atoms with E-state index >= 15 is 0 Å². The maximum absolute atomic E-state index is 4.77. The zero-order valence-corrected chi connectivity index (χ0v) is 13.5. The van der Waals surface area contributed by atoms with E-state index in [2.05, 4.69) is 30.8 Å². The first-order valence-corrected chi connectivity index (χ1v) is 8.62. The second-order valence-electron chi connectivity index (χ2n) is 5.63. The molecule has 0 spiro atoms. The lowest BCUT2D eigenvalue weighted by atomic mass is 10.1. The summed E-state index contributed by atoms with van der Waals surface area (Å²) in [7, 11) is 0. The summed E-state index contributed by atoms with van der Waals surface area (Å²) in [5, 5.41) is 13.4. The van der Waals surface area contributed by atoms with Crippen molar-refractivity contribution in [2.75, 3.05) is 11.9 Å². The first-order valence-electron chi connectivity index (χ1n) is 7.74. The molecular formula is C16H18N6S. The lowest BCUT2D eigenvalue weighted by Crippen LogP contribution is -2.23. The molecule has 3 aromatic heterocycles. The monoisotopic (exact) mass is 326 g/mol. The summed E-state index contributed by atoms with van der Waals surface area (Å²) < 4.78 is 0. The number of likely N-dealkylation sites (tertiary alicyclic amines) is 1. The first-order chi connectivity index (χ1) is 11.4. The molecule has 2 N–H and O–H groups in total. The minimum atomic E-state index is 0.383. The fourth-order valence-electron chi connectivity index (χ4n) is 2.98. The molecule has 0 aromatic carbocycles. The number of thiazole rings is 1. The van der Waals surface area contributed by atoms with Crippen molar-refractivity contribution in [2.24, 2.45) is 0 Å². The number of anilines is 2. The molecule has 1 saturated heterocycles. The van der Waals surface area contributed by atoms with E-state index < -0.39 is 0 Å². The molecule has 1 fully saturated rings. The molecule has 1 unspecified atom stereocenters. The van der Waals surface area contributed by atoms with Crippen molar-refractivity contribution in [1.82, 2.24) is 25.1 Å². The van der Waals surface area contributed by atoms with Gasteiger partial charge in [0.05, 0.1) is 11.7 Å². The fourth-order valence-corrected chi connectivity index (χ4v) is 3.75. The molecule has 4 rings (SSSR count). The predicted octanol–water partition coefficient (Wildman–Crippen LogP) is 3.34. The van der Waals surface area contributed by atoms with Crippen LogP contribution >= 0.6 is 11.3 Å². The van der Waals surface area contributed by atoms with E-state index in [-0.39, 0.29) is 0 Å². The molecule has 0 aliphatic carbocycles. The third-order valence-electron chi connectivity index (χ3n) is 4.06. The van der Waals surface area contributed by atoms with E-state index in [1.54, 1.807) is 23.7 Å². The Kier molecular flexibility index (Phi) is 4.04. The van der Waals surface area contributed by atoms with Crippen LogP contribution in [-0.4, -0.2) is 31.6 Å². The molecule has 118 valence electrons. The van der Waals surface area contributed by atoms with Crippen molar-refractivity contribution in [3.05, 3.63) is 53.4 Å². The van der Waals surface area contributed by atoms with Gasteiger partial charge in [-0.05, 0) is 37.6 Å². The minimum Gasteiger partial charge on any atom is -0.316 e. The van der Waals surface area contributed by atoms with Crippen molar-refractivity contribution < 1.29 is 0 Å². The van der Waals surface area contributed by atoms with Crippen LogP contribution < -0.4 is 5.32 Å². The molecule has 1 aliphatic rings. The van der Waals surface area contributed by atoms with Gasteiger partial charge >= 0.3 is 0 Å². The van der Waals surface area contributed by atoms with E-state index in [1.165, 1.54) is 6.42 Å². The fraction of sp³-hybridized carbons (Fsp3) is 0.312. The summed E-state index contributed by atoms with van der Waals surface area (Å²) in [6.45, 7) is 2.00. The van der Waals surface area contributed by atoms with Gasteiger partial charge in [0.1, 0.15) is 5.82 Å². The Morgan fingerprint density at radius 1 is 1.30 bits per heavy atom. The van der Waals surface area contributed by atoms with Crippen LogP contribution in [0.3, 0.4) is 0 Å². The molecule has 0 radical (unpaired) electrons. The molecule has 0 saturated carbocycles. The molecule has 3 aromatic rings. The van der Waals surface area contributed by atoms with Crippen molar-refractivity contribution in [3.8, 4) is 0 Å². The van der Waals surface area contributed by atoms with Crippen molar-refractivity contribution in [2.45, 2.75) is 25.4 Å². The van der Waals surface area contributed by atoms with Gasteiger partial charge in [0.15, 0.2) is 5.13 Å². The third-order valence-corrected chi connectivity index (χ3v) is 4.83. The normalized spacial score (nSPS) is 18.3. The van der Waals surface area contributed by atoms with Gasteiger partial charge in [-0.3, -0.25) is 10.00 Å². The van der Waals surface area contributed by atoms with E-state index in [9.17, 15) is 0 Å². The number of rotatable bonds is 5. The Morgan fingerprint density at radius 3 is 3.13 bits per heavy atom. The van der Waals surface area contributed by atoms with Crippen LogP contribution in [0, 0.1) is 0 Å². The Balaban J connectivity index is 1.47. The lowest BCUT2D eigenvalue weighted by molar-refractivity contribution is 0.242. The average Bonchev–Trinajstić information content (AvgIpc) is 3.30. The smallest absolute Gasteiger partial charge is 0.188 e. The van der Waals surface area contributed by atoms with Crippen molar-refractivity contribution in [1.29, 1.82) is 0 Å². The van der Waals surface area contributed by atoms with Gasteiger partial charge < -0.3 is 5.32 Å². The Hall–Kier alpha value is -2.25. The van der Waals surface area contributed by atoms with Gasteiger partial charge in [-0.2, -0.15) is 5.10 Å². The lowest BCUT2D eigenvalue weighted by Gasteiger charge is -2.22. The molecule has 0 amide bonds. The summed E-state index contributed by atoms with van der Waals surface area (Å²) in [4.78, 5) is 11.5. The maximum Gasteiger partial charge on any atom is 0.188 e. The van der Waals surface area contributed by atoms with E-state index in [0.717, 1.165) is 41.8 Å². The summed E-state index contributed by atoms with van der Waals surface area (Å²) in [6.07, 6.45) is 5.94.